The molecule has 2 atom stereocenters. The SMILES string of the molecule is CC1CCCC1C(=O)CC1(C)CCC1. The van der Waals surface area contributed by atoms with Crippen molar-refractivity contribution < 1.29 is 4.79 Å². The van der Waals surface area contributed by atoms with Crippen LogP contribution in [0.3, 0.4) is 0 Å². The lowest BCUT2D eigenvalue weighted by Crippen LogP contribution is -2.31. The maximum absolute atomic E-state index is 12.1. The fourth-order valence-electron chi connectivity index (χ4n) is 3.13. The van der Waals surface area contributed by atoms with Crippen molar-refractivity contribution in [3.05, 3.63) is 0 Å². The van der Waals surface area contributed by atoms with Crippen molar-refractivity contribution in [2.45, 2.75) is 58.8 Å². The Morgan fingerprint density at radius 3 is 2.43 bits per heavy atom. The van der Waals surface area contributed by atoms with Gasteiger partial charge in [0.05, 0.1) is 0 Å². The molecule has 2 aliphatic carbocycles. The molecule has 0 saturated heterocycles. The Hall–Kier alpha value is -0.330. The maximum Gasteiger partial charge on any atom is 0.136 e. The highest BCUT2D eigenvalue weighted by molar-refractivity contribution is 5.82. The van der Waals surface area contributed by atoms with Gasteiger partial charge in [0.2, 0.25) is 0 Å². The first-order valence-electron chi connectivity index (χ1n) is 6.13. The second-order valence-corrected chi connectivity index (χ2v) is 5.82. The zero-order valence-corrected chi connectivity index (χ0v) is 9.51. The lowest BCUT2D eigenvalue weighted by Gasteiger charge is -2.38. The maximum atomic E-state index is 12.1. The van der Waals surface area contributed by atoms with Crippen molar-refractivity contribution in [3.63, 3.8) is 0 Å². The van der Waals surface area contributed by atoms with Crippen LogP contribution in [-0.4, -0.2) is 5.78 Å². The van der Waals surface area contributed by atoms with Gasteiger partial charge in [0.15, 0.2) is 0 Å². The van der Waals surface area contributed by atoms with Gasteiger partial charge in [-0.25, -0.2) is 0 Å². The summed E-state index contributed by atoms with van der Waals surface area (Å²) in [4.78, 5) is 12.1. The third kappa shape index (κ3) is 1.87. The van der Waals surface area contributed by atoms with E-state index in [0.29, 0.717) is 23.0 Å². The molecular weight excluding hydrogens is 172 g/mol. The van der Waals surface area contributed by atoms with Crippen LogP contribution in [0, 0.1) is 17.3 Å². The van der Waals surface area contributed by atoms with Crippen LogP contribution in [0.4, 0.5) is 0 Å². The predicted octanol–water partition coefficient (Wildman–Crippen LogP) is 3.57. The summed E-state index contributed by atoms with van der Waals surface area (Å²) in [5, 5.41) is 0. The summed E-state index contributed by atoms with van der Waals surface area (Å²) < 4.78 is 0. The standard InChI is InChI=1S/C13H22O/c1-10-5-3-6-11(10)12(14)9-13(2)7-4-8-13/h10-11H,3-9H2,1-2H3. The molecule has 1 nitrogen and oxygen atoms in total. The van der Waals surface area contributed by atoms with Crippen molar-refractivity contribution in [1.82, 2.24) is 0 Å². The molecule has 2 fully saturated rings. The van der Waals surface area contributed by atoms with E-state index in [2.05, 4.69) is 13.8 Å². The number of hydrogen-bond donors (Lipinski definition) is 0. The number of rotatable bonds is 3. The topological polar surface area (TPSA) is 17.1 Å². The first-order chi connectivity index (χ1) is 6.61. The molecule has 0 aromatic rings. The van der Waals surface area contributed by atoms with E-state index in [1.165, 1.54) is 32.1 Å². The van der Waals surface area contributed by atoms with Gasteiger partial charge in [0, 0.05) is 12.3 Å². The Morgan fingerprint density at radius 1 is 1.29 bits per heavy atom. The van der Waals surface area contributed by atoms with E-state index in [4.69, 9.17) is 0 Å². The third-order valence-corrected chi connectivity index (χ3v) is 4.44. The van der Waals surface area contributed by atoms with E-state index in [-0.39, 0.29) is 0 Å². The van der Waals surface area contributed by atoms with Gasteiger partial charge in [0.25, 0.3) is 0 Å². The Balaban J connectivity index is 1.88. The summed E-state index contributed by atoms with van der Waals surface area (Å²) in [7, 11) is 0. The quantitative estimate of drug-likeness (QED) is 0.671. The monoisotopic (exact) mass is 194 g/mol. The molecule has 0 amide bonds. The number of hydrogen-bond acceptors (Lipinski definition) is 1. The van der Waals surface area contributed by atoms with Crippen LogP contribution in [0.2, 0.25) is 0 Å². The minimum absolute atomic E-state index is 0.388. The van der Waals surface area contributed by atoms with Crippen LogP contribution in [0.5, 0.6) is 0 Å². The van der Waals surface area contributed by atoms with Gasteiger partial charge in [-0.2, -0.15) is 0 Å². The molecule has 0 aromatic heterocycles. The number of carbonyl (C=O) groups excluding carboxylic acids is 1. The molecule has 2 aliphatic rings. The first-order valence-corrected chi connectivity index (χ1v) is 6.13. The molecule has 0 aliphatic heterocycles. The first kappa shape index (κ1) is 10.2. The van der Waals surface area contributed by atoms with E-state index in [1.807, 2.05) is 0 Å². The summed E-state index contributed by atoms with van der Waals surface area (Å²) in [6.45, 7) is 4.53. The van der Waals surface area contributed by atoms with Crippen LogP contribution in [0.1, 0.15) is 58.8 Å². The summed E-state index contributed by atoms with van der Waals surface area (Å²) in [5.74, 6) is 1.64. The van der Waals surface area contributed by atoms with Crippen LogP contribution in [-0.2, 0) is 4.79 Å². The van der Waals surface area contributed by atoms with Gasteiger partial charge in [0.1, 0.15) is 5.78 Å². The van der Waals surface area contributed by atoms with Crippen molar-refractivity contribution >= 4 is 5.78 Å². The van der Waals surface area contributed by atoms with E-state index in [0.717, 1.165) is 12.8 Å². The minimum atomic E-state index is 0.388. The average Bonchev–Trinajstić information content (AvgIpc) is 2.48. The molecule has 0 spiro atoms. The molecule has 0 N–H and O–H groups in total. The van der Waals surface area contributed by atoms with E-state index in [9.17, 15) is 4.79 Å². The fraction of sp³-hybridized carbons (Fsp3) is 0.923. The van der Waals surface area contributed by atoms with Crippen molar-refractivity contribution in [1.29, 1.82) is 0 Å². The Labute approximate surface area is 87.3 Å². The fourth-order valence-corrected chi connectivity index (χ4v) is 3.13. The van der Waals surface area contributed by atoms with Crippen LogP contribution in [0.15, 0.2) is 0 Å². The summed E-state index contributed by atoms with van der Waals surface area (Å²) in [5.41, 5.74) is 0.388. The molecular formula is C13H22O. The summed E-state index contributed by atoms with van der Waals surface area (Å²) in [6.07, 6.45) is 8.46. The van der Waals surface area contributed by atoms with Crippen LogP contribution < -0.4 is 0 Å². The molecule has 0 radical (unpaired) electrons. The summed E-state index contributed by atoms with van der Waals surface area (Å²) in [6, 6.07) is 0. The number of ketones is 1. The zero-order chi connectivity index (χ0) is 10.2. The second-order valence-electron chi connectivity index (χ2n) is 5.82. The van der Waals surface area contributed by atoms with Crippen LogP contribution >= 0.6 is 0 Å². The molecule has 0 heterocycles. The normalized spacial score (nSPS) is 35.3. The molecule has 1 heteroatoms. The van der Waals surface area contributed by atoms with Crippen molar-refractivity contribution in [2.75, 3.05) is 0 Å². The average molecular weight is 194 g/mol. The molecule has 2 rings (SSSR count). The summed E-state index contributed by atoms with van der Waals surface area (Å²) >= 11 is 0. The highest BCUT2D eigenvalue weighted by Gasteiger charge is 2.38. The largest absolute Gasteiger partial charge is 0.299 e. The van der Waals surface area contributed by atoms with E-state index >= 15 is 0 Å². The number of Topliss-reactive ketones (excluding diaryl/α,β-unsaturated/α-hetero) is 1. The van der Waals surface area contributed by atoms with Crippen molar-refractivity contribution in [2.24, 2.45) is 17.3 Å². The highest BCUT2D eigenvalue weighted by Crippen LogP contribution is 2.45. The van der Waals surface area contributed by atoms with Gasteiger partial charge in [-0.05, 0) is 37.0 Å². The second kappa shape index (κ2) is 3.67. The lowest BCUT2D eigenvalue weighted by molar-refractivity contribution is -0.127. The smallest absolute Gasteiger partial charge is 0.136 e. The number of carbonyl (C=O) groups is 1. The Kier molecular flexibility index (Phi) is 2.68. The van der Waals surface area contributed by atoms with E-state index < -0.39 is 0 Å². The van der Waals surface area contributed by atoms with Gasteiger partial charge >= 0.3 is 0 Å². The predicted molar refractivity (Wildman–Crippen MR) is 58.1 cm³/mol. The lowest BCUT2D eigenvalue weighted by atomic mass is 9.66. The van der Waals surface area contributed by atoms with Gasteiger partial charge in [-0.3, -0.25) is 4.79 Å². The van der Waals surface area contributed by atoms with Crippen LogP contribution in [0.25, 0.3) is 0 Å². The Morgan fingerprint density at radius 2 is 2.00 bits per heavy atom. The van der Waals surface area contributed by atoms with Crippen molar-refractivity contribution in [3.8, 4) is 0 Å². The molecule has 0 bridgehead atoms. The Bertz CT molecular complexity index is 227. The van der Waals surface area contributed by atoms with Gasteiger partial charge < -0.3 is 0 Å². The highest BCUT2D eigenvalue weighted by atomic mass is 16.1. The molecule has 0 aromatic carbocycles. The molecule has 2 unspecified atom stereocenters. The van der Waals surface area contributed by atoms with Gasteiger partial charge in [-0.15, -0.1) is 0 Å². The van der Waals surface area contributed by atoms with Gasteiger partial charge in [-0.1, -0.05) is 26.7 Å². The third-order valence-electron chi connectivity index (χ3n) is 4.44. The molecule has 80 valence electrons. The minimum Gasteiger partial charge on any atom is -0.299 e. The zero-order valence-electron chi connectivity index (χ0n) is 9.51. The molecule has 14 heavy (non-hydrogen) atoms. The van der Waals surface area contributed by atoms with E-state index in [1.54, 1.807) is 0 Å². The molecule has 2 saturated carbocycles.